The Morgan fingerprint density at radius 3 is 3.17 bits per heavy atom. The van der Waals surface area contributed by atoms with Gasteiger partial charge in [0.25, 0.3) is 0 Å². The molecule has 5 heteroatoms. The van der Waals surface area contributed by atoms with E-state index in [1.54, 1.807) is 0 Å². The molecule has 0 aliphatic carbocycles. The lowest BCUT2D eigenvalue weighted by Crippen LogP contribution is -2.38. The highest BCUT2D eigenvalue weighted by atomic mass is 16.5. The third-order valence-corrected chi connectivity index (χ3v) is 3.29. The summed E-state index contributed by atoms with van der Waals surface area (Å²) in [6.45, 7) is 4.65. The maximum atomic E-state index is 5.78. The molecule has 2 aliphatic rings. The van der Waals surface area contributed by atoms with E-state index in [0.717, 1.165) is 55.6 Å². The van der Waals surface area contributed by atoms with Crippen LogP contribution in [0.15, 0.2) is 23.2 Å². The molecule has 96 valence electrons. The van der Waals surface area contributed by atoms with Crippen LogP contribution in [0.3, 0.4) is 0 Å². The average molecular weight is 246 g/mol. The van der Waals surface area contributed by atoms with Crippen molar-refractivity contribution in [2.75, 3.05) is 38.5 Å². The lowest BCUT2D eigenvalue weighted by atomic mass is 10.2. The molecule has 0 atom stereocenters. The van der Waals surface area contributed by atoms with Crippen LogP contribution in [0.4, 0.5) is 11.4 Å². The molecule has 0 bridgehead atoms. The van der Waals surface area contributed by atoms with Crippen molar-refractivity contribution < 1.29 is 4.74 Å². The summed E-state index contributed by atoms with van der Waals surface area (Å²) in [5.74, 6) is 1.83. The van der Waals surface area contributed by atoms with Crippen LogP contribution in [0.5, 0.6) is 5.75 Å². The number of nitrogens with zero attached hydrogens (tertiary/aromatic N) is 2. The highest BCUT2D eigenvalue weighted by Gasteiger charge is 2.19. The van der Waals surface area contributed by atoms with Gasteiger partial charge in [-0.3, -0.25) is 0 Å². The van der Waals surface area contributed by atoms with Crippen LogP contribution in [-0.4, -0.2) is 43.5 Å². The Kier molecular flexibility index (Phi) is 3.06. The van der Waals surface area contributed by atoms with E-state index in [1.807, 2.05) is 18.2 Å². The van der Waals surface area contributed by atoms with Crippen LogP contribution in [0.25, 0.3) is 0 Å². The Morgan fingerprint density at radius 2 is 2.22 bits per heavy atom. The zero-order valence-electron chi connectivity index (χ0n) is 10.4. The summed E-state index contributed by atoms with van der Waals surface area (Å²) in [7, 11) is 0. The zero-order chi connectivity index (χ0) is 12.4. The zero-order valence-corrected chi connectivity index (χ0v) is 10.4. The van der Waals surface area contributed by atoms with E-state index < -0.39 is 0 Å². The third-order valence-electron chi connectivity index (χ3n) is 3.29. The van der Waals surface area contributed by atoms with E-state index in [-0.39, 0.29) is 0 Å². The van der Waals surface area contributed by atoms with Gasteiger partial charge in [0.05, 0.1) is 0 Å². The van der Waals surface area contributed by atoms with E-state index >= 15 is 0 Å². The summed E-state index contributed by atoms with van der Waals surface area (Å²) in [5, 5.41) is 3.39. The molecule has 3 N–H and O–H groups in total. The van der Waals surface area contributed by atoms with Crippen LogP contribution >= 0.6 is 0 Å². The fraction of sp³-hybridized carbons (Fsp3) is 0.462. The number of ether oxygens (including phenoxy) is 1. The first-order valence-electron chi connectivity index (χ1n) is 6.38. The number of amidine groups is 1. The molecule has 2 aliphatic heterocycles. The standard InChI is InChI=1S/C13H18N4O/c14-10-2-3-12-11(8-10)16-13(9-18-12)17-6-1-4-15-5-7-17/h2-3,8,15H,1,4-7,9,14H2. The largest absolute Gasteiger partial charge is 0.483 e. The summed E-state index contributed by atoms with van der Waals surface area (Å²) in [6, 6.07) is 5.59. The van der Waals surface area contributed by atoms with Gasteiger partial charge in [-0.05, 0) is 31.2 Å². The lowest BCUT2D eigenvalue weighted by molar-refractivity contribution is 0.334. The van der Waals surface area contributed by atoms with Crippen molar-refractivity contribution in [3.63, 3.8) is 0 Å². The summed E-state index contributed by atoms with van der Waals surface area (Å²) >= 11 is 0. The van der Waals surface area contributed by atoms with Crippen molar-refractivity contribution >= 4 is 17.2 Å². The summed E-state index contributed by atoms with van der Waals surface area (Å²) in [4.78, 5) is 6.98. The van der Waals surface area contributed by atoms with E-state index in [2.05, 4.69) is 15.2 Å². The molecular formula is C13H18N4O. The highest BCUT2D eigenvalue weighted by molar-refractivity contribution is 5.89. The van der Waals surface area contributed by atoms with Gasteiger partial charge in [0.1, 0.15) is 23.9 Å². The summed E-state index contributed by atoms with van der Waals surface area (Å²) in [6.07, 6.45) is 1.14. The Morgan fingerprint density at radius 1 is 1.28 bits per heavy atom. The number of rotatable bonds is 0. The molecule has 0 aromatic heterocycles. The molecule has 1 saturated heterocycles. The first-order chi connectivity index (χ1) is 8.83. The maximum Gasteiger partial charge on any atom is 0.146 e. The summed E-state index contributed by atoms with van der Waals surface area (Å²) < 4.78 is 5.74. The molecule has 0 amide bonds. The first-order valence-corrected chi connectivity index (χ1v) is 6.38. The van der Waals surface area contributed by atoms with Crippen LogP contribution < -0.4 is 15.8 Å². The molecule has 5 nitrogen and oxygen atoms in total. The van der Waals surface area contributed by atoms with E-state index in [0.29, 0.717) is 6.61 Å². The minimum Gasteiger partial charge on any atom is -0.483 e. The summed E-state index contributed by atoms with van der Waals surface area (Å²) in [5.41, 5.74) is 7.35. The second-order valence-corrected chi connectivity index (χ2v) is 4.63. The molecule has 3 rings (SSSR count). The molecule has 0 unspecified atom stereocenters. The SMILES string of the molecule is Nc1ccc2c(c1)N=C(N1CCCNCC1)CO2. The van der Waals surface area contributed by atoms with Gasteiger partial charge in [0.2, 0.25) is 0 Å². The van der Waals surface area contributed by atoms with Gasteiger partial charge in [-0.1, -0.05) is 0 Å². The van der Waals surface area contributed by atoms with Gasteiger partial charge < -0.3 is 20.7 Å². The normalized spacial score (nSPS) is 19.6. The molecule has 1 aromatic carbocycles. The number of nitrogens with two attached hydrogens (primary N) is 1. The second kappa shape index (κ2) is 4.86. The van der Waals surface area contributed by atoms with E-state index in [1.165, 1.54) is 0 Å². The number of nitrogens with one attached hydrogen (secondary N) is 1. The predicted molar refractivity (Wildman–Crippen MR) is 72.5 cm³/mol. The second-order valence-electron chi connectivity index (χ2n) is 4.63. The number of nitrogen functional groups attached to an aromatic ring is 1. The first kappa shape index (κ1) is 11.3. The fourth-order valence-corrected chi connectivity index (χ4v) is 2.32. The molecule has 2 heterocycles. The fourth-order valence-electron chi connectivity index (χ4n) is 2.32. The Labute approximate surface area is 107 Å². The van der Waals surface area contributed by atoms with Gasteiger partial charge in [0, 0.05) is 25.3 Å². The number of hydrogen-bond donors (Lipinski definition) is 2. The number of fused-ring (bicyclic) bond motifs is 1. The van der Waals surface area contributed by atoms with Gasteiger partial charge in [-0.2, -0.15) is 0 Å². The van der Waals surface area contributed by atoms with Crippen molar-refractivity contribution in [2.45, 2.75) is 6.42 Å². The Balaban J connectivity index is 1.85. The maximum absolute atomic E-state index is 5.78. The lowest BCUT2D eigenvalue weighted by Gasteiger charge is -2.27. The number of anilines is 1. The van der Waals surface area contributed by atoms with Crippen LogP contribution in [0, 0.1) is 0 Å². The third kappa shape index (κ3) is 2.26. The van der Waals surface area contributed by atoms with Gasteiger partial charge in [0.15, 0.2) is 0 Å². The number of aliphatic imine (C=N–C) groups is 1. The molecular weight excluding hydrogens is 228 g/mol. The molecule has 0 radical (unpaired) electrons. The smallest absolute Gasteiger partial charge is 0.146 e. The quantitative estimate of drug-likeness (QED) is 0.670. The van der Waals surface area contributed by atoms with Crippen LogP contribution in [-0.2, 0) is 0 Å². The number of benzene rings is 1. The van der Waals surface area contributed by atoms with Gasteiger partial charge >= 0.3 is 0 Å². The molecule has 18 heavy (non-hydrogen) atoms. The van der Waals surface area contributed by atoms with E-state index in [9.17, 15) is 0 Å². The van der Waals surface area contributed by atoms with Crippen LogP contribution in [0.2, 0.25) is 0 Å². The van der Waals surface area contributed by atoms with Gasteiger partial charge in [-0.15, -0.1) is 0 Å². The Hall–Kier alpha value is -1.75. The monoisotopic (exact) mass is 246 g/mol. The minimum absolute atomic E-state index is 0.552. The van der Waals surface area contributed by atoms with Crippen molar-refractivity contribution in [3.8, 4) is 5.75 Å². The average Bonchev–Trinajstić information content (AvgIpc) is 2.66. The van der Waals surface area contributed by atoms with Crippen molar-refractivity contribution in [2.24, 2.45) is 4.99 Å². The molecule has 1 aromatic rings. The molecule has 0 saturated carbocycles. The topological polar surface area (TPSA) is 62.9 Å². The molecule has 0 spiro atoms. The van der Waals surface area contributed by atoms with Crippen molar-refractivity contribution in [1.82, 2.24) is 10.2 Å². The molecule has 1 fully saturated rings. The van der Waals surface area contributed by atoms with Gasteiger partial charge in [-0.25, -0.2) is 4.99 Å². The minimum atomic E-state index is 0.552. The van der Waals surface area contributed by atoms with E-state index in [4.69, 9.17) is 10.5 Å². The number of hydrogen-bond acceptors (Lipinski definition) is 5. The predicted octanol–water partition coefficient (Wildman–Crippen LogP) is 0.986. The van der Waals surface area contributed by atoms with Crippen molar-refractivity contribution in [1.29, 1.82) is 0 Å². The highest BCUT2D eigenvalue weighted by Crippen LogP contribution is 2.32. The van der Waals surface area contributed by atoms with Crippen LogP contribution in [0.1, 0.15) is 6.42 Å². The van der Waals surface area contributed by atoms with Crippen molar-refractivity contribution in [3.05, 3.63) is 18.2 Å². The Bertz CT molecular complexity index is 464.